The minimum absolute atomic E-state index is 0.700. The van der Waals surface area contributed by atoms with Crippen molar-refractivity contribution in [2.45, 2.75) is 44.7 Å². The average Bonchev–Trinajstić information content (AvgIpc) is 3.27. The molecule has 1 aromatic rings. The lowest BCUT2D eigenvalue weighted by atomic mass is 10.0. The summed E-state index contributed by atoms with van der Waals surface area (Å²) in [5.74, 6) is 0.976. The maximum atomic E-state index is 3.73. The number of hydrogen-bond donors (Lipinski definition) is 1. The van der Waals surface area contributed by atoms with Gasteiger partial charge in [0.1, 0.15) is 0 Å². The second kappa shape index (κ2) is 6.06. The molecule has 3 rings (SSSR count). The van der Waals surface area contributed by atoms with Crippen LogP contribution in [0.2, 0.25) is 0 Å². The lowest BCUT2D eigenvalue weighted by Crippen LogP contribution is -2.56. The third kappa shape index (κ3) is 3.58. The smallest absolute Gasteiger partial charge is 0.0224 e. The van der Waals surface area contributed by atoms with Gasteiger partial charge in [0.15, 0.2) is 0 Å². The molecule has 0 aromatic heterocycles. The van der Waals surface area contributed by atoms with Crippen molar-refractivity contribution in [2.75, 3.05) is 19.6 Å². The zero-order valence-electron chi connectivity index (χ0n) is 12.0. The van der Waals surface area contributed by atoms with Crippen LogP contribution in [0.3, 0.4) is 0 Å². The Kier molecular flexibility index (Phi) is 4.19. The quantitative estimate of drug-likeness (QED) is 0.873. The van der Waals surface area contributed by atoms with Crippen molar-refractivity contribution < 1.29 is 0 Å². The van der Waals surface area contributed by atoms with Crippen molar-refractivity contribution in [2.24, 2.45) is 5.92 Å². The topological polar surface area (TPSA) is 15.3 Å². The third-order valence-electron chi connectivity index (χ3n) is 4.67. The highest BCUT2D eigenvalue weighted by molar-refractivity contribution is 5.14. The molecule has 0 spiro atoms. The number of benzene rings is 1. The first-order valence-electron chi connectivity index (χ1n) is 7.84. The molecule has 2 unspecified atom stereocenters. The summed E-state index contributed by atoms with van der Waals surface area (Å²) in [6.07, 6.45) is 5.39. The predicted octanol–water partition coefficient (Wildman–Crippen LogP) is 2.69. The molecule has 2 atom stereocenters. The van der Waals surface area contributed by atoms with Gasteiger partial charge in [-0.2, -0.15) is 0 Å². The molecule has 0 bridgehead atoms. The fourth-order valence-corrected chi connectivity index (χ4v) is 3.21. The summed E-state index contributed by atoms with van der Waals surface area (Å²) in [6.45, 7) is 6.05. The average molecular weight is 258 g/mol. The molecule has 104 valence electrons. The van der Waals surface area contributed by atoms with Gasteiger partial charge in [-0.15, -0.1) is 0 Å². The van der Waals surface area contributed by atoms with Gasteiger partial charge in [-0.3, -0.25) is 4.90 Å². The summed E-state index contributed by atoms with van der Waals surface area (Å²) < 4.78 is 0. The second-order valence-electron chi connectivity index (χ2n) is 6.29. The molecule has 1 saturated carbocycles. The summed E-state index contributed by atoms with van der Waals surface area (Å²) >= 11 is 0. The van der Waals surface area contributed by atoms with E-state index < -0.39 is 0 Å². The van der Waals surface area contributed by atoms with Crippen LogP contribution in [0.4, 0.5) is 0 Å². The standard InChI is InChI=1S/C17H26N2/c1-14-12-18-17(16-9-10-16)13-19(14)11-5-8-15-6-3-2-4-7-15/h2-4,6-7,14,16-18H,5,8-13H2,1H3. The van der Waals surface area contributed by atoms with Crippen molar-refractivity contribution >= 4 is 0 Å². The van der Waals surface area contributed by atoms with Crippen LogP contribution < -0.4 is 5.32 Å². The van der Waals surface area contributed by atoms with Gasteiger partial charge in [-0.25, -0.2) is 0 Å². The van der Waals surface area contributed by atoms with E-state index >= 15 is 0 Å². The highest BCUT2D eigenvalue weighted by atomic mass is 15.2. The van der Waals surface area contributed by atoms with E-state index in [1.165, 1.54) is 50.9 Å². The Balaban J connectivity index is 1.45. The van der Waals surface area contributed by atoms with Crippen LogP contribution in [0.5, 0.6) is 0 Å². The molecule has 19 heavy (non-hydrogen) atoms. The number of piperazine rings is 1. The Hall–Kier alpha value is -0.860. The van der Waals surface area contributed by atoms with Gasteiger partial charge in [-0.1, -0.05) is 30.3 Å². The van der Waals surface area contributed by atoms with Crippen molar-refractivity contribution in [3.63, 3.8) is 0 Å². The highest BCUT2D eigenvalue weighted by Crippen LogP contribution is 2.34. The van der Waals surface area contributed by atoms with Gasteiger partial charge in [0.05, 0.1) is 0 Å². The molecule has 2 aliphatic rings. The molecule has 2 heteroatoms. The first kappa shape index (κ1) is 13.1. The summed E-state index contributed by atoms with van der Waals surface area (Å²) in [6, 6.07) is 12.3. The Labute approximate surface area is 117 Å². The van der Waals surface area contributed by atoms with Crippen LogP contribution in [-0.2, 0) is 6.42 Å². The summed E-state index contributed by atoms with van der Waals surface area (Å²) in [5, 5.41) is 3.73. The van der Waals surface area contributed by atoms with E-state index in [0.717, 1.165) is 12.0 Å². The second-order valence-corrected chi connectivity index (χ2v) is 6.29. The number of nitrogens with one attached hydrogen (secondary N) is 1. The van der Waals surface area contributed by atoms with E-state index in [1.54, 1.807) is 0 Å². The maximum Gasteiger partial charge on any atom is 0.0224 e. The molecular formula is C17H26N2. The van der Waals surface area contributed by atoms with E-state index in [9.17, 15) is 0 Å². The van der Waals surface area contributed by atoms with E-state index in [4.69, 9.17) is 0 Å². The maximum absolute atomic E-state index is 3.73. The molecular weight excluding hydrogens is 232 g/mol. The van der Waals surface area contributed by atoms with Gasteiger partial charge in [-0.05, 0) is 50.6 Å². The van der Waals surface area contributed by atoms with Crippen LogP contribution in [-0.4, -0.2) is 36.6 Å². The zero-order valence-corrected chi connectivity index (χ0v) is 12.0. The fraction of sp³-hybridized carbons (Fsp3) is 0.647. The SMILES string of the molecule is CC1CNC(C2CC2)CN1CCCc1ccccc1. The van der Waals surface area contributed by atoms with E-state index in [2.05, 4.69) is 47.5 Å². The molecule has 0 radical (unpaired) electrons. The lowest BCUT2D eigenvalue weighted by Gasteiger charge is -2.39. The van der Waals surface area contributed by atoms with Crippen molar-refractivity contribution in [3.8, 4) is 0 Å². The minimum Gasteiger partial charge on any atom is -0.311 e. The number of rotatable bonds is 5. The Bertz CT molecular complexity index is 386. The van der Waals surface area contributed by atoms with Gasteiger partial charge in [0, 0.05) is 25.2 Å². The number of hydrogen-bond acceptors (Lipinski definition) is 2. The molecule has 0 amide bonds. The Morgan fingerprint density at radius 2 is 2.00 bits per heavy atom. The van der Waals surface area contributed by atoms with Crippen LogP contribution in [0, 0.1) is 5.92 Å². The normalized spacial score (nSPS) is 28.5. The predicted molar refractivity (Wildman–Crippen MR) is 80.3 cm³/mol. The zero-order chi connectivity index (χ0) is 13.1. The Morgan fingerprint density at radius 3 is 2.74 bits per heavy atom. The molecule has 2 fully saturated rings. The van der Waals surface area contributed by atoms with Crippen molar-refractivity contribution in [3.05, 3.63) is 35.9 Å². The molecule has 1 saturated heterocycles. The lowest BCUT2D eigenvalue weighted by molar-refractivity contribution is 0.131. The first-order chi connectivity index (χ1) is 9.33. The van der Waals surface area contributed by atoms with E-state index in [1.807, 2.05) is 0 Å². The molecule has 1 aliphatic heterocycles. The summed E-state index contributed by atoms with van der Waals surface area (Å²) in [4.78, 5) is 2.70. The first-order valence-corrected chi connectivity index (χ1v) is 7.84. The van der Waals surface area contributed by atoms with Crippen molar-refractivity contribution in [1.29, 1.82) is 0 Å². The van der Waals surface area contributed by atoms with E-state index in [0.29, 0.717) is 6.04 Å². The van der Waals surface area contributed by atoms with Crippen molar-refractivity contribution in [1.82, 2.24) is 10.2 Å². The molecule has 1 aromatic carbocycles. The van der Waals surface area contributed by atoms with Crippen LogP contribution >= 0.6 is 0 Å². The van der Waals surface area contributed by atoms with Gasteiger partial charge >= 0.3 is 0 Å². The monoisotopic (exact) mass is 258 g/mol. The number of aryl methyl sites for hydroxylation is 1. The van der Waals surface area contributed by atoms with Gasteiger partial charge in [0.2, 0.25) is 0 Å². The summed E-state index contributed by atoms with van der Waals surface area (Å²) in [5.41, 5.74) is 1.48. The van der Waals surface area contributed by atoms with Gasteiger partial charge in [0.25, 0.3) is 0 Å². The summed E-state index contributed by atoms with van der Waals surface area (Å²) in [7, 11) is 0. The fourth-order valence-electron chi connectivity index (χ4n) is 3.21. The van der Waals surface area contributed by atoms with Crippen LogP contribution in [0.1, 0.15) is 31.7 Å². The van der Waals surface area contributed by atoms with E-state index in [-0.39, 0.29) is 0 Å². The molecule has 1 aliphatic carbocycles. The van der Waals surface area contributed by atoms with Gasteiger partial charge < -0.3 is 5.32 Å². The minimum atomic E-state index is 0.700. The van der Waals surface area contributed by atoms with Crippen LogP contribution in [0.15, 0.2) is 30.3 Å². The molecule has 2 nitrogen and oxygen atoms in total. The molecule has 1 N–H and O–H groups in total. The third-order valence-corrected chi connectivity index (χ3v) is 4.67. The molecule has 1 heterocycles. The Morgan fingerprint density at radius 1 is 1.21 bits per heavy atom. The largest absolute Gasteiger partial charge is 0.311 e. The highest BCUT2D eigenvalue weighted by Gasteiger charge is 2.35. The number of nitrogens with zero attached hydrogens (tertiary/aromatic N) is 1. The van der Waals surface area contributed by atoms with Crippen LogP contribution in [0.25, 0.3) is 0 Å².